The lowest BCUT2D eigenvalue weighted by Crippen LogP contribution is -2.39. The predicted molar refractivity (Wildman–Crippen MR) is 83.6 cm³/mol. The van der Waals surface area contributed by atoms with Crippen LogP contribution in [0, 0.1) is 7.14 Å². The van der Waals surface area contributed by atoms with Gasteiger partial charge in [-0.3, -0.25) is 4.55 Å². The molecule has 0 saturated heterocycles. The number of hydrogen-bond acceptors (Lipinski definition) is 4. The Kier molecular flexibility index (Phi) is 6.26. The summed E-state index contributed by atoms with van der Waals surface area (Å²) in [6, 6.07) is 4.45. The topological polar surface area (TPSA) is 80.7 Å². The van der Waals surface area contributed by atoms with Gasteiger partial charge in [0.2, 0.25) is 6.10 Å². The van der Waals surface area contributed by atoms with Crippen molar-refractivity contribution < 1.29 is 35.7 Å². The molecule has 0 bridgehead atoms. The van der Waals surface area contributed by atoms with Crippen molar-refractivity contribution in [1.82, 2.24) is 0 Å². The zero-order valence-corrected chi connectivity index (χ0v) is 15.0. The molecule has 0 aromatic heterocycles. The Bertz CT molecular complexity index is 645. The second-order valence-corrected chi connectivity index (χ2v) is 7.71. The van der Waals surface area contributed by atoms with Gasteiger partial charge in [-0.25, -0.2) is 4.79 Å². The summed E-state index contributed by atoms with van der Waals surface area (Å²) in [5.74, 6) is -3.06. The summed E-state index contributed by atoms with van der Waals surface area (Å²) in [6.07, 6.45) is -8.05. The third kappa shape index (κ3) is 6.23. The lowest BCUT2D eigenvalue weighted by Gasteiger charge is -2.19. The molecule has 0 aliphatic carbocycles. The normalized spacial score (nSPS) is 13.8. The molecule has 0 radical (unpaired) electrons. The second kappa shape index (κ2) is 6.95. The fourth-order valence-electron chi connectivity index (χ4n) is 1.23. The number of benzene rings is 1. The monoisotopic (exact) mass is 550 g/mol. The number of ether oxygens (including phenoxy) is 1. The van der Waals surface area contributed by atoms with Crippen LogP contribution in [0.3, 0.4) is 0 Å². The first-order valence-corrected chi connectivity index (χ1v) is 8.85. The van der Waals surface area contributed by atoms with Crippen molar-refractivity contribution >= 4 is 61.3 Å². The van der Waals surface area contributed by atoms with Crippen LogP contribution in [0.5, 0.6) is 0 Å². The van der Waals surface area contributed by atoms with Gasteiger partial charge in [-0.2, -0.15) is 21.6 Å². The van der Waals surface area contributed by atoms with Gasteiger partial charge in [0, 0.05) is 7.14 Å². The molecule has 5 nitrogen and oxygen atoms in total. The predicted octanol–water partition coefficient (Wildman–Crippen LogP) is 2.87. The van der Waals surface area contributed by atoms with Crippen LogP contribution in [0.4, 0.5) is 13.2 Å². The number of alkyl halides is 3. The van der Waals surface area contributed by atoms with E-state index in [1.54, 1.807) is 28.7 Å². The lowest BCUT2D eigenvalue weighted by atomic mass is 10.2. The fraction of sp³-hybridized carbons (Fsp3) is 0.300. The molecule has 0 saturated carbocycles. The summed E-state index contributed by atoms with van der Waals surface area (Å²) < 4.78 is 72.8. The fourth-order valence-corrected chi connectivity index (χ4v) is 2.92. The highest BCUT2D eigenvalue weighted by molar-refractivity contribution is 14.1. The summed E-state index contributed by atoms with van der Waals surface area (Å²) in [4.78, 5) is 11.8. The molecule has 11 heteroatoms. The Morgan fingerprint density at radius 2 is 1.90 bits per heavy atom. The molecule has 0 spiro atoms. The summed E-state index contributed by atoms with van der Waals surface area (Å²) in [5.41, 5.74) is -0.118. The van der Waals surface area contributed by atoms with Crippen molar-refractivity contribution in [3.8, 4) is 0 Å². The van der Waals surface area contributed by atoms with Crippen molar-refractivity contribution in [3.05, 3.63) is 30.9 Å². The molecule has 1 aromatic rings. The van der Waals surface area contributed by atoms with E-state index in [1.807, 2.05) is 22.6 Å². The van der Waals surface area contributed by atoms with Gasteiger partial charge in [0.25, 0.3) is 10.1 Å². The van der Waals surface area contributed by atoms with Crippen molar-refractivity contribution in [2.24, 2.45) is 0 Å². The molecule has 1 atom stereocenters. The minimum absolute atomic E-state index is 0.118. The maximum atomic E-state index is 12.7. The number of halogens is 5. The average molecular weight is 550 g/mol. The standard InChI is InChI=1S/C10H7F3I2O5S/c11-10(12,13)8(4-21(17,18)19)20-9(16)6-3-5(14)1-2-7(6)15/h1-3,8H,4H2,(H,17,18,19). The van der Waals surface area contributed by atoms with Crippen molar-refractivity contribution in [3.63, 3.8) is 0 Å². The van der Waals surface area contributed by atoms with Gasteiger partial charge in [0.05, 0.1) is 5.56 Å². The molecule has 1 unspecified atom stereocenters. The van der Waals surface area contributed by atoms with Gasteiger partial charge in [0.15, 0.2) is 0 Å². The maximum absolute atomic E-state index is 12.7. The van der Waals surface area contributed by atoms with Gasteiger partial charge >= 0.3 is 12.1 Å². The quantitative estimate of drug-likeness (QED) is 0.355. The molecule has 118 valence electrons. The van der Waals surface area contributed by atoms with Gasteiger partial charge in [-0.1, -0.05) is 0 Å². The van der Waals surface area contributed by atoms with E-state index in [0.29, 0.717) is 7.14 Å². The Morgan fingerprint density at radius 3 is 2.38 bits per heavy atom. The third-order valence-corrected chi connectivity index (χ3v) is 4.46. The first-order chi connectivity index (χ1) is 9.40. The van der Waals surface area contributed by atoms with Crippen LogP contribution in [0.2, 0.25) is 0 Å². The van der Waals surface area contributed by atoms with Gasteiger partial charge in [-0.15, -0.1) is 0 Å². The Hall–Kier alpha value is -0.150. The van der Waals surface area contributed by atoms with Gasteiger partial charge in [-0.05, 0) is 63.4 Å². The third-order valence-electron chi connectivity index (χ3n) is 2.12. The molecule has 1 aromatic carbocycles. The van der Waals surface area contributed by atoms with Crippen molar-refractivity contribution in [2.75, 3.05) is 5.75 Å². The van der Waals surface area contributed by atoms with E-state index in [2.05, 4.69) is 4.74 Å². The minimum Gasteiger partial charge on any atom is -0.448 e. The highest BCUT2D eigenvalue weighted by Crippen LogP contribution is 2.26. The summed E-state index contributed by atoms with van der Waals surface area (Å²) in [6.45, 7) is 0. The molecule has 0 amide bonds. The van der Waals surface area contributed by atoms with E-state index in [-0.39, 0.29) is 5.56 Å². The zero-order valence-electron chi connectivity index (χ0n) is 9.89. The molecule has 0 heterocycles. The molecular weight excluding hydrogens is 543 g/mol. The highest BCUT2D eigenvalue weighted by Gasteiger charge is 2.45. The first kappa shape index (κ1) is 18.9. The van der Waals surface area contributed by atoms with Crippen LogP contribution in [0.1, 0.15) is 10.4 Å². The number of carbonyl (C=O) groups is 1. The van der Waals surface area contributed by atoms with Crippen LogP contribution in [-0.4, -0.2) is 37.0 Å². The van der Waals surface area contributed by atoms with E-state index < -0.39 is 34.1 Å². The van der Waals surface area contributed by atoms with Crippen LogP contribution in [0.15, 0.2) is 18.2 Å². The van der Waals surface area contributed by atoms with Crippen LogP contribution in [-0.2, 0) is 14.9 Å². The summed E-state index contributed by atoms with van der Waals surface area (Å²) >= 11 is 3.59. The molecular formula is C10H7F3I2O5S. The Morgan fingerprint density at radius 1 is 1.33 bits per heavy atom. The van der Waals surface area contributed by atoms with Gasteiger partial charge in [0.1, 0.15) is 5.75 Å². The highest BCUT2D eigenvalue weighted by atomic mass is 127. The minimum atomic E-state index is -5.11. The molecule has 0 aliphatic heterocycles. The molecule has 1 rings (SSSR count). The van der Waals surface area contributed by atoms with E-state index >= 15 is 0 Å². The zero-order chi connectivity index (χ0) is 16.4. The van der Waals surface area contributed by atoms with Crippen LogP contribution < -0.4 is 0 Å². The van der Waals surface area contributed by atoms with Crippen molar-refractivity contribution in [2.45, 2.75) is 12.3 Å². The van der Waals surface area contributed by atoms with E-state index in [0.717, 1.165) is 0 Å². The Labute approximate surface area is 145 Å². The second-order valence-electron chi connectivity index (χ2n) is 3.81. The smallest absolute Gasteiger partial charge is 0.426 e. The van der Waals surface area contributed by atoms with Gasteiger partial charge < -0.3 is 4.74 Å². The number of hydrogen-bond donors (Lipinski definition) is 1. The number of carbonyl (C=O) groups excluding carboxylic acids is 1. The number of esters is 1. The van der Waals surface area contributed by atoms with E-state index in [4.69, 9.17) is 4.55 Å². The number of rotatable bonds is 4. The molecule has 1 N–H and O–H groups in total. The Balaban J connectivity index is 3.03. The van der Waals surface area contributed by atoms with E-state index in [9.17, 15) is 26.4 Å². The lowest BCUT2D eigenvalue weighted by molar-refractivity contribution is -0.197. The van der Waals surface area contributed by atoms with Crippen LogP contribution >= 0.6 is 45.2 Å². The maximum Gasteiger partial charge on any atom is 0.426 e. The van der Waals surface area contributed by atoms with Crippen molar-refractivity contribution in [1.29, 1.82) is 0 Å². The molecule has 0 fully saturated rings. The largest absolute Gasteiger partial charge is 0.448 e. The summed E-state index contributed by atoms with van der Waals surface area (Å²) in [7, 11) is -4.95. The van der Waals surface area contributed by atoms with E-state index in [1.165, 1.54) is 12.1 Å². The summed E-state index contributed by atoms with van der Waals surface area (Å²) in [5, 5.41) is 0. The first-order valence-electron chi connectivity index (χ1n) is 5.08. The average Bonchev–Trinajstić information content (AvgIpc) is 2.28. The molecule has 21 heavy (non-hydrogen) atoms. The molecule has 0 aliphatic rings. The SMILES string of the molecule is O=C(OC(CS(=O)(=O)O)C(F)(F)F)c1cc(I)ccc1I. The van der Waals surface area contributed by atoms with Crippen LogP contribution in [0.25, 0.3) is 0 Å².